The highest BCUT2D eigenvalue weighted by atomic mass is 32.2. The van der Waals surface area contributed by atoms with Gasteiger partial charge in [-0.25, -0.2) is 18.1 Å². The summed E-state index contributed by atoms with van der Waals surface area (Å²) in [6, 6.07) is 31.6. The third-order valence-electron chi connectivity index (χ3n) is 8.10. The Morgan fingerprint density at radius 3 is 2.26 bits per heavy atom. The van der Waals surface area contributed by atoms with Crippen LogP contribution in [0.1, 0.15) is 48.5 Å². The minimum atomic E-state index is -4.01. The summed E-state index contributed by atoms with van der Waals surface area (Å²) in [5, 5.41) is 10.1. The molecule has 0 bridgehead atoms. The molecule has 43 heavy (non-hydrogen) atoms. The van der Waals surface area contributed by atoms with Crippen molar-refractivity contribution in [3.8, 4) is 22.6 Å². The van der Waals surface area contributed by atoms with Crippen molar-refractivity contribution in [3.05, 3.63) is 109 Å². The highest BCUT2D eigenvalue weighted by Gasteiger charge is 2.25. The third-order valence-corrected chi connectivity index (χ3v) is 9.44. The lowest BCUT2D eigenvalue weighted by atomic mass is 9.95. The van der Waals surface area contributed by atoms with Crippen LogP contribution in [0.25, 0.3) is 44.6 Å². The Morgan fingerprint density at radius 2 is 1.49 bits per heavy atom. The number of fused-ring (bicyclic) bond motifs is 2. The van der Waals surface area contributed by atoms with E-state index in [0.29, 0.717) is 17.0 Å². The summed E-state index contributed by atoms with van der Waals surface area (Å²) in [6.07, 6.45) is 5.52. The molecule has 1 N–H and O–H groups in total. The lowest BCUT2D eigenvalue weighted by Gasteiger charge is -2.25. The molecule has 9 heteroatoms. The maximum absolute atomic E-state index is 13.1. The maximum Gasteiger partial charge on any atom is 0.265 e. The Labute approximate surface area is 249 Å². The van der Waals surface area contributed by atoms with Gasteiger partial charge >= 0.3 is 0 Å². The van der Waals surface area contributed by atoms with E-state index in [4.69, 9.17) is 4.98 Å². The van der Waals surface area contributed by atoms with Gasteiger partial charge < -0.3 is 4.57 Å². The maximum atomic E-state index is 13.1. The zero-order valence-corrected chi connectivity index (χ0v) is 24.2. The number of aromatic nitrogens is 4. The number of hydrogen-bond donors (Lipinski definition) is 1. The predicted molar refractivity (Wildman–Crippen MR) is 167 cm³/mol. The van der Waals surface area contributed by atoms with Crippen molar-refractivity contribution in [1.82, 2.24) is 24.5 Å². The average Bonchev–Trinajstić information content (AvgIpc) is 3.44. The molecular formula is C34H29N5O3S. The monoisotopic (exact) mass is 587 g/mol. The summed E-state index contributed by atoms with van der Waals surface area (Å²) in [6.45, 7) is 0. The number of carbonyl (C=O) groups is 1. The van der Waals surface area contributed by atoms with E-state index < -0.39 is 15.9 Å². The molecule has 214 valence electrons. The first kappa shape index (κ1) is 27.0. The van der Waals surface area contributed by atoms with Gasteiger partial charge in [0.1, 0.15) is 5.69 Å². The van der Waals surface area contributed by atoms with Crippen molar-refractivity contribution >= 4 is 37.9 Å². The largest absolute Gasteiger partial charge is 0.319 e. The van der Waals surface area contributed by atoms with E-state index in [0.717, 1.165) is 53.2 Å². The van der Waals surface area contributed by atoms with Crippen LogP contribution in [0.5, 0.6) is 0 Å². The molecule has 0 saturated heterocycles. The summed E-state index contributed by atoms with van der Waals surface area (Å²) >= 11 is 0. The Balaban J connectivity index is 1.28. The predicted octanol–water partition coefficient (Wildman–Crippen LogP) is 6.94. The van der Waals surface area contributed by atoms with Crippen LogP contribution in [-0.4, -0.2) is 34.1 Å². The summed E-state index contributed by atoms with van der Waals surface area (Å²) in [7, 11) is -4.01. The number of hydrogen-bond acceptors (Lipinski definition) is 6. The molecule has 0 spiro atoms. The van der Waals surface area contributed by atoms with Crippen LogP contribution >= 0.6 is 0 Å². The van der Waals surface area contributed by atoms with Gasteiger partial charge in [0.05, 0.1) is 21.4 Å². The Bertz CT molecular complexity index is 2070. The van der Waals surface area contributed by atoms with Crippen LogP contribution in [0.3, 0.4) is 0 Å². The molecule has 1 fully saturated rings. The van der Waals surface area contributed by atoms with Crippen LogP contribution in [0.15, 0.2) is 108 Å². The van der Waals surface area contributed by atoms with Gasteiger partial charge in [0, 0.05) is 17.0 Å². The molecule has 0 radical (unpaired) electrons. The number of imidazole rings is 1. The molecule has 1 aliphatic rings. The van der Waals surface area contributed by atoms with Gasteiger partial charge in [-0.15, -0.1) is 10.2 Å². The van der Waals surface area contributed by atoms with E-state index in [1.54, 1.807) is 30.3 Å². The lowest BCUT2D eigenvalue weighted by Crippen LogP contribution is -2.30. The molecule has 0 unspecified atom stereocenters. The number of benzene rings is 4. The van der Waals surface area contributed by atoms with Crippen molar-refractivity contribution in [3.63, 3.8) is 0 Å². The van der Waals surface area contributed by atoms with Gasteiger partial charge in [0.25, 0.3) is 15.9 Å². The molecule has 8 nitrogen and oxygen atoms in total. The normalized spacial score (nSPS) is 14.2. The molecule has 0 atom stereocenters. The molecule has 4 aromatic carbocycles. The van der Waals surface area contributed by atoms with Crippen molar-refractivity contribution in [1.29, 1.82) is 0 Å². The minimum absolute atomic E-state index is 0.0269. The van der Waals surface area contributed by atoms with Gasteiger partial charge in [-0.2, -0.15) is 0 Å². The van der Waals surface area contributed by atoms with E-state index in [-0.39, 0.29) is 16.5 Å². The van der Waals surface area contributed by atoms with Gasteiger partial charge in [0.2, 0.25) is 0 Å². The van der Waals surface area contributed by atoms with Crippen LogP contribution in [-0.2, 0) is 10.0 Å². The number of nitrogens with zero attached hydrogens (tertiary/aromatic N) is 4. The molecule has 1 aliphatic carbocycles. The second-order valence-electron chi connectivity index (χ2n) is 10.9. The lowest BCUT2D eigenvalue weighted by molar-refractivity contribution is 0.0981. The molecule has 7 rings (SSSR count). The van der Waals surface area contributed by atoms with Gasteiger partial charge in [-0.1, -0.05) is 79.9 Å². The van der Waals surface area contributed by atoms with E-state index >= 15 is 0 Å². The van der Waals surface area contributed by atoms with Crippen molar-refractivity contribution in [2.45, 2.75) is 43.0 Å². The summed E-state index contributed by atoms with van der Waals surface area (Å²) in [5.74, 6) is -0.0165. The number of nitrogens with one attached hydrogen (secondary N) is 1. The fourth-order valence-corrected chi connectivity index (χ4v) is 6.92. The molecule has 2 aromatic heterocycles. The summed E-state index contributed by atoms with van der Waals surface area (Å²) in [4.78, 5) is 18.1. The zero-order chi connectivity index (χ0) is 29.4. The molecule has 0 aliphatic heterocycles. The van der Waals surface area contributed by atoms with Crippen molar-refractivity contribution < 1.29 is 13.2 Å². The molecular weight excluding hydrogens is 558 g/mol. The second-order valence-corrected chi connectivity index (χ2v) is 12.6. The van der Waals surface area contributed by atoms with Gasteiger partial charge in [-0.05, 0) is 66.4 Å². The van der Waals surface area contributed by atoms with E-state index in [1.165, 1.54) is 18.6 Å². The van der Waals surface area contributed by atoms with Gasteiger partial charge in [-0.3, -0.25) is 4.79 Å². The first-order chi connectivity index (χ1) is 21.0. The first-order valence-corrected chi connectivity index (χ1v) is 15.9. The number of sulfonamides is 1. The zero-order valence-electron chi connectivity index (χ0n) is 23.3. The SMILES string of the molecule is O=C(NS(=O)(=O)c1ccccc1)c1ccc2c(c1)nc(-c1cc3ccc(-c4ccccc4)cc3nn1)n2C1CCCCC1. The van der Waals surface area contributed by atoms with Gasteiger partial charge in [0.15, 0.2) is 5.82 Å². The fraction of sp³-hybridized carbons (Fsp3) is 0.176. The molecule has 2 heterocycles. The number of amides is 1. The summed E-state index contributed by atoms with van der Waals surface area (Å²) in [5.41, 5.74) is 5.33. The van der Waals surface area contributed by atoms with Crippen LogP contribution in [0.2, 0.25) is 0 Å². The highest BCUT2D eigenvalue weighted by molar-refractivity contribution is 7.90. The van der Waals surface area contributed by atoms with E-state index in [9.17, 15) is 13.2 Å². The first-order valence-electron chi connectivity index (χ1n) is 14.4. The quantitative estimate of drug-likeness (QED) is 0.226. The highest BCUT2D eigenvalue weighted by Crippen LogP contribution is 2.36. The topological polar surface area (TPSA) is 107 Å². The minimum Gasteiger partial charge on any atom is -0.319 e. The summed E-state index contributed by atoms with van der Waals surface area (Å²) < 4.78 is 30.0. The molecule has 1 amide bonds. The second kappa shape index (κ2) is 11.1. The average molecular weight is 588 g/mol. The molecule has 1 saturated carbocycles. The van der Waals surface area contributed by atoms with Crippen LogP contribution in [0.4, 0.5) is 0 Å². The van der Waals surface area contributed by atoms with E-state index in [2.05, 4.69) is 43.8 Å². The van der Waals surface area contributed by atoms with Crippen molar-refractivity contribution in [2.75, 3.05) is 0 Å². The Hall–Kier alpha value is -4.89. The van der Waals surface area contributed by atoms with E-state index in [1.807, 2.05) is 36.4 Å². The number of rotatable bonds is 6. The van der Waals surface area contributed by atoms with Crippen LogP contribution in [0, 0.1) is 0 Å². The standard InChI is InChI=1S/C34H29N5O3S/c40-34(38-43(41,42)28-14-8-3-9-15-28)26-18-19-32-30(22-26)35-33(39(32)27-12-6-2-7-13-27)31-21-25-17-16-24(20-29(25)36-37-31)23-10-4-1-5-11-23/h1,3-5,8-11,14-22,27H,2,6-7,12-13H2,(H,38,40). The Morgan fingerprint density at radius 1 is 0.744 bits per heavy atom. The fourth-order valence-electron chi connectivity index (χ4n) is 5.92. The third kappa shape index (κ3) is 5.28. The molecule has 6 aromatic rings. The number of carbonyl (C=O) groups excluding carboxylic acids is 1. The van der Waals surface area contributed by atoms with Crippen LogP contribution < -0.4 is 4.72 Å². The smallest absolute Gasteiger partial charge is 0.265 e. The Kier molecular flexibility index (Phi) is 6.95. The van der Waals surface area contributed by atoms with Crippen molar-refractivity contribution in [2.24, 2.45) is 0 Å².